The Bertz CT molecular complexity index is 539. The van der Waals surface area contributed by atoms with Crippen molar-refractivity contribution in [2.75, 3.05) is 26.3 Å². The van der Waals surface area contributed by atoms with Crippen LogP contribution in [-0.2, 0) is 9.53 Å². The number of amides is 1. The molecule has 0 radical (unpaired) electrons. The zero-order valence-corrected chi connectivity index (χ0v) is 13.7. The third kappa shape index (κ3) is 5.06. The maximum absolute atomic E-state index is 12.6. The zero-order chi connectivity index (χ0) is 16.8. The Labute approximate surface area is 136 Å². The monoisotopic (exact) mass is 323 g/mol. The number of carboxylic acid groups (broad SMARTS) is 1. The predicted molar refractivity (Wildman–Crippen MR) is 84.4 cm³/mol. The molecule has 0 aromatic carbocycles. The second-order valence-electron chi connectivity index (χ2n) is 6.02. The van der Waals surface area contributed by atoms with E-state index in [1.165, 1.54) is 0 Å². The first kappa shape index (κ1) is 17.5. The minimum Gasteiger partial charge on any atom is -0.481 e. The van der Waals surface area contributed by atoms with Crippen molar-refractivity contribution in [2.45, 2.75) is 39.0 Å². The number of hydrogen-bond acceptors (Lipinski definition) is 4. The molecule has 1 aliphatic carbocycles. The van der Waals surface area contributed by atoms with Crippen LogP contribution in [0.4, 0.5) is 0 Å². The van der Waals surface area contributed by atoms with E-state index in [-0.39, 0.29) is 12.5 Å². The lowest BCUT2D eigenvalue weighted by atomic mass is 10.1. The highest BCUT2D eigenvalue weighted by Gasteiger charge is 2.28. The van der Waals surface area contributed by atoms with Crippen LogP contribution in [0.2, 0.25) is 0 Å². The lowest BCUT2D eigenvalue weighted by Gasteiger charge is -2.23. The van der Waals surface area contributed by atoms with Crippen molar-refractivity contribution in [3.63, 3.8) is 0 Å². The molecule has 0 bridgehead atoms. The molecule has 7 nitrogen and oxygen atoms in total. The van der Waals surface area contributed by atoms with Crippen molar-refractivity contribution in [2.24, 2.45) is 5.92 Å². The summed E-state index contributed by atoms with van der Waals surface area (Å²) in [4.78, 5) is 25.3. The normalized spacial score (nSPS) is 15.4. The molecule has 1 saturated carbocycles. The molecule has 2 N–H and O–H groups in total. The summed E-state index contributed by atoms with van der Waals surface area (Å²) in [6.07, 6.45) is 2.93. The van der Waals surface area contributed by atoms with Gasteiger partial charge < -0.3 is 14.7 Å². The summed E-state index contributed by atoms with van der Waals surface area (Å²) in [5.41, 5.74) is 1.36. The summed E-state index contributed by atoms with van der Waals surface area (Å²) in [6, 6.07) is 1.79. The molecule has 1 atom stereocenters. The second-order valence-corrected chi connectivity index (χ2v) is 6.02. The third-order valence-corrected chi connectivity index (χ3v) is 3.96. The first-order valence-electron chi connectivity index (χ1n) is 8.18. The number of nitrogens with one attached hydrogen (secondary N) is 1. The molecule has 23 heavy (non-hydrogen) atoms. The summed E-state index contributed by atoms with van der Waals surface area (Å²) in [5, 5.41) is 16.1. The summed E-state index contributed by atoms with van der Waals surface area (Å²) in [6.45, 7) is 5.33. The number of nitrogens with zero attached hydrogens (tertiary/aromatic N) is 2. The number of ether oxygens (including phenoxy) is 1. The Morgan fingerprint density at radius 2 is 2.26 bits per heavy atom. The van der Waals surface area contributed by atoms with Gasteiger partial charge in [0, 0.05) is 37.9 Å². The maximum Gasteiger partial charge on any atom is 0.308 e. The molecule has 1 aromatic rings. The largest absolute Gasteiger partial charge is 0.481 e. The Balaban J connectivity index is 2.00. The average Bonchev–Trinajstić information content (AvgIpc) is 3.26. The molecule has 1 amide bonds. The SMILES string of the molecule is CCOCCCN(CC(C)C(=O)O)C(=O)c1cc(C2CC2)[nH]n1. The van der Waals surface area contributed by atoms with E-state index in [1.807, 2.05) is 6.92 Å². The van der Waals surface area contributed by atoms with Crippen molar-refractivity contribution < 1.29 is 19.4 Å². The van der Waals surface area contributed by atoms with E-state index in [0.717, 1.165) is 18.5 Å². The van der Waals surface area contributed by atoms with E-state index in [4.69, 9.17) is 9.84 Å². The third-order valence-electron chi connectivity index (χ3n) is 3.96. The number of rotatable bonds is 10. The lowest BCUT2D eigenvalue weighted by molar-refractivity contribution is -0.141. The standard InChI is InChI=1S/C16H25N3O4/c1-3-23-8-4-7-19(10-11(2)16(21)22)15(20)14-9-13(17-18-14)12-5-6-12/h9,11-12H,3-8,10H2,1-2H3,(H,17,18)(H,21,22). The number of aromatic nitrogens is 2. The fourth-order valence-corrected chi connectivity index (χ4v) is 2.40. The van der Waals surface area contributed by atoms with Crippen molar-refractivity contribution in [1.29, 1.82) is 0 Å². The number of carbonyl (C=O) groups is 2. The first-order chi connectivity index (χ1) is 11.0. The molecular weight excluding hydrogens is 298 g/mol. The Morgan fingerprint density at radius 1 is 1.52 bits per heavy atom. The Kier molecular flexibility index (Phi) is 6.15. The van der Waals surface area contributed by atoms with Gasteiger partial charge >= 0.3 is 5.97 Å². The van der Waals surface area contributed by atoms with Gasteiger partial charge in [-0.2, -0.15) is 5.10 Å². The summed E-state index contributed by atoms with van der Waals surface area (Å²) in [5.74, 6) is -1.26. The predicted octanol–water partition coefficient (Wildman–Crippen LogP) is 1.88. The molecule has 7 heteroatoms. The van der Waals surface area contributed by atoms with Gasteiger partial charge in [0.2, 0.25) is 0 Å². The topological polar surface area (TPSA) is 95.5 Å². The number of aromatic amines is 1. The van der Waals surface area contributed by atoms with E-state index in [2.05, 4.69) is 10.2 Å². The van der Waals surface area contributed by atoms with E-state index in [1.54, 1.807) is 17.9 Å². The maximum atomic E-state index is 12.6. The van der Waals surface area contributed by atoms with Crippen LogP contribution in [0.5, 0.6) is 0 Å². The van der Waals surface area contributed by atoms with Gasteiger partial charge in [-0.15, -0.1) is 0 Å². The van der Waals surface area contributed by atoms with Gasteiger partial charge in [0.05, 0.1) is 5.92 Å². The fraction of sp³-hybridized carbons (Fsp3) is 0.688. The zero-order valence-electron chi connectivity index (χ0n) is 13.7. The number of carboxylic acids is 1. The quantitative estimate of drug-likeness (QED) is 0.641. The Morgan fingerprint density at radius 3 is 2.87 bits per heavy atom. The van der Waals surface area contributed by atoms with Gasteiger partial charge in [0.15, 0.2) is 0 Å². The van der Waals surface area contributed by atoms with Crippen LogP contribution in [0.3, 0.4) is 0 Å². The van der Waals surface area contributed by atoms with E-state index in [0.29, 0.717) is 37.8 Å². The lowest BCUT2D eigenvalue weighted by Crippen LogP contribution is -2.38. The number of carbonyl (C=O) groups excluding carboxylic acids is 1. The summed E-state index contributed by atoms with van der Waals surface area (Å²) < 4.78 is 5.29. The second kappa shape index (κ2) is 8.10. The molecule has 1 unspecified atom stereocenters. The Hall–Kier alpha value is -1.89. The van der Waals surface area contributed by atoms with Crippen molar-refractivity contribution in [3.05, 3.63) is 17.5 Å². The molecule has 0 saturated heterocycles. The molecule has 0 aliphatic heterocycles. The van der Waals surface area contributed by atoms with Gasteiger partial charge in [-0.25, -0.2) is 0 Å². The fourth-order valence-electron chi connectivity index (χ4n) is 2.40. The van der Waals surface area contributed by atoms with E-state index >= 15 is 0 Å². The van der Waals surface area contributed by atoms with Crippen molar-refractivity contribution in [1.82, 2.24) is 15.1 Å². The van der Waals surface area contributed by atoms with Crippen molar-refractivity contribution >= 4 is 11.9 Å². The highest BCUT2D eigenvalue weighted by molar-refractivity contribution is 5.92. The molecule has 1 aromatic heterocycles. The molecule has 1 fully saturated rings. The highest BCUT2D eigenvalue weighted by atomic mass is 16.5. The average molecular weight is 323 g/mol. The molecular formula is C16H25N3O4. The highest BCUT2D eigenvalue weighted by Crippen LogP contribution is 2.39. The van der Waals surface area contributed by atoms with Crippen LogP contribution < -0.4 is 0 Å². The van der Waals surface area contributed by atoms with Gasteiger partial charge in [0.25, 0.3) is 5.91 Å². The van der Waals surface area contributed by atoms with E-state index < -0.39 is 11.9 Å². The van der Waals surface area contributed by atoms with Crippen LogP contribution in [0, 0.1) is 5.92 Å². The molecule has 1 heterocycles. The minimum absolute atomic E-state index is 0.173. The van der Waals surface area contributed by atoms with Crippen molar-refractivity contribution in [3.8, 4) is 0 Å². The number of H-pyrrole nitrogens is 1. The molecule has 2 rings (SSSR count). The minimum atomic E-state index is -0.909. The van der Waals surface area contributed by atoms with E-state index in [9.17, 15) is 9.59 Å². The molecule has 128 valence electrons. The van der Waals surface area contributed by atoms with Crippen LogP contribution in [-0.4, -0.2) is 58.4 Å². The summed E-state index contributed by atoms with van der Waals surface area (Å²) >= 11 is 0. The van der Waals surface area contributed by atoms with Gasteiger partial charge in [-0.05, 0) is 32.3 Å². The smallest absolute Gasteiger partial charge is 0.308 e. The van der Waals surface area contributed by atoms with Gasteiger partial charge in [0.1, 0.15) is 5.69 Å². The number of aliphatic carboxylic acids is 1. The molecule has 0 spiro atoms. The van der Waals surface area contributed by atoms with Crippen LogP contribution in [0.25, 0.3) is 0 Å². The van der Waals surface area contributed by atoms with Gasteiger partial charge in [-0.1, -0.05) is 6.92 Å². The number of hydrogen-bond donors (Lipinski definition) is 2. The van der Waals surface area contributed by atoms with Crippen LogP contribution >= 0.6 is 0 Å². The van der Waals surface area contributed by atoms with Crippen LogP contribution in [0.1, 0.15) is 55.2 Å². The van der Waals surface area contributed by atoms with Gasteiger partial charge in [-0.3, -0.25) is 14.7 Å². The molecule has 1 aliphatic rings. The summed E-state index contributed by atoms with van der Waals surface area (Å²) in [7, 11) is 0. The first-order valence-corrected chi connectivity index (χ1v) is 8.18. The van der Waals surface area contributed by atoms with Crippen LogP contribution in [0.15, 0.2) is 6.07 Å².